The number of hydrogen-bond donors (Lipinski definition) is 1. The first-order chi connectivity index (χ1) is 5.96. The number of nitrogens with one attached hydrogen (secondary N) is 1. The SMILES string of the molecule is CCOC1=C(I)N(C(Cl)(Cl)Cl)NS1. The number of hydrazine groups is 1. The Balaban J connectivity index is 2.74. The van der Waals surface area contributed by atoms with Gasteiger partial charge in [-0.3, -0.25) is 0 Å². The molecule has 3 nitrogen and oxygen atoms in total. The molecule has 0 aromatic heterocycles. The molecule has 0 fully saturated rings. The molecule has 0 saturated heterocycles. The third kappa shape index (κ3) is 3.10. The van der Waals surface area contributed by atoms with Crippen molar-refractivity contribution in [3.8, 4) is 0 Å². The van der Waals surface area contributed by atoms with Gasteiger partial charge in [0.1, 0.15) is 3.70 Å². The van der Waals surface area contributed by atoms with Gasteiger partial charge in [-0.2, -0.15) is 4.83 Å². The molecule has 0 radical (unpaired) electrons. The topological polar surface area (TPSA) is 24.5 Å². The van der Waals surface area contributed by atoms with Gasteiger partial charge < -0.3 is 4.74 Å². The fraction of sp³-hybridized carbons (Fsp3) is 0.600. The molecule has 0 aromatic carbocycles. The van der Waals surface area contributed by atoms with Crippen molar-refractivity contribution in [3.05, 3.63) is 8.79 Å². The average molecular weight is 375 g/mol. The van der Waals surface area contributed by atoms with Crippen LogP contribution in [-0.4, -0.2) is 15.5 Å². The van der Waals surface area contributed by atoms with Gasteiger partial charge in [-0.15, -0.1) is 0 Å². The van der Waals surface area contributed by atoms with Crippen LogP contribution in [0.4, 0.5) is 0 Å². The van der Waals surface area contributed by atoms with Crippen molar-refractivity contribution in [2.24, 2.45) is 0 Å². The van der Waals surface area contributed by atoms with E-state index in [2.05, 4.69) is 4.83 Å². The zero-order valence-electron chi connectivity index (χ0n) is 6.48. The Labute approximate surface area is 109 Å². The maximum atomic E-state index is 5.69. The third-order valence-electron chi connectivity index (χ3n) is 1.12. The van der Waals surface area contributed by atoms with Crippen molar-refractivity contribution in [3.63, 3.8) is 0 Å². The van der Waals surface area contributed by atoms with E-state index in [1.165, 1.54) is 17.0 Å². The highest BCUT2D eigenvalue weighted by Gasteiger charge is 2.37. The van der Waals surface area contributed by atoms with Gasteiger partial charge in [-0.05, 0) is 29.5 Å². The Morgan fingerprint density at radius 2 is 2.23 bits per heavy atom. The molecule has 0 aliphatic carbocycles. The number of ether oxygens (including phenoxy) is 1. The minimum absolute atomic E-state index is 0.588. The van der Waals surface area contributed by atoms with Crippen LogP contribution in [0.2, 0.25) is 0 Å². The molecule has 0 unspecified atom stereocenters. The Hall–Kier alpha value is 1.25. The van der Waals surface area contributed by atoms with Crippen LogP contribution >= 0.6 is 69.3 Å². The number of hydrogen-bond acceptors (Lipinski definition) is 4. The van der Waals surface area contributed by atoms with E-state index < -0.39 is 3.92 Å². The number of rotatable bonds is 2. The molecule has 1 rings (SSSR count). The average Bonchev–Trinajstić information content (AvgIpc) is 2.32. The summed E-state index contributed by atoms with van der Waals surface area (Å²) >= 11 is 20.4. The predicted molar refractivity (Wildman–Crippen MR) is 65.5 cm³/mol. The monoisotopic (exact) mass is 374 g/mol. The third-order valence-corrected chi connectivity index (χ3v) is 3.74. The molecule has 1 N–H and O–H groups in total. The largest absolute Gasteiger partial charge is 0.484 e. The van der Waals surface area contributed by atoms with Crippen molar-refractivity contribution in [2.75, 3.05) is 6.61 Å². The van der Waals surface area contributed by atoms with Crippen molar-refractivity contribution >= 4 is 69.3 Å². The summed E-state index contributed by atoms with van der Waals surface area (Å²) < 4.78 is 4.54. The fourth-order valence-electron chi connectivity index (χ4n) is 0.644. The number of alkyl halides is 3. The predicted octanol–water partition coefficient (Wildman–Crippen LogP) is 3.38. The lowest BCUT2D eigenvalue weighted by atomic mass is 10.8. The van der Waals surface area contributed by atoms with Gasteiger partial charge in [0.2, 0.25) is 5.09 Å². The summed E-state index contributed by atoms with van der Waals surface area (Å²) in [6.07, 6.45) is 0. The van der Waals surface area contributed by atoms with Gasteiger partial charge in [-0.1, -0.05) is 34.8 Å². The van der Waals surface area contributed by atoms with Crippen LogP contribution in [0.15, 0.2) is 8.79 Å². The molecule has 0 bridgehead atoms. The molecule has 13 heavy (non-hydrogen) atoms. The zero-order chi connectivity index (χ0) is 10.1. The first-order valence-electron chi connectivity index (χ1n) is 3.28. The summed E-state index contributed by atoms with van der Waals surface area (Å²) in [6, 6.07) is 0. The van der Waals surface area contributed by atoms with E-state index in [1.54, 1.807) is 0 Å². The highest BCUT2D eigenvalue weighted by Crippen LogP contribution is 2.42. The summed E-state index contributed by atoms with van der Waals surface area (Å²) in [5.41, 5.74) is 0. The normalized spacial score (nSPS) is 18.4. The van der Waals surface area contributed by atoms with E-state index in [0.717, 1.165) is 8.79 Å². The van der Waals surface area contributed by atoms with Gasteiger partial charge in [0.15, 0.2) is 0 Å². The van der Waals surface area contributed by atoms with Crippen LogP contribution in [0.25, 0.3) is 0 Å². The van der Waals surface area contributed by atoms with Crippen LogP contribution in [0, 0.1) is 0 Å². The molecule has 1 aliphatic rings. The lowest BCUT2D eigenvalue weighted by molar-refractivity contribution is 0.250. The molecule has 0 atom stereocenters. The molecule has 1 heterocycles. The van der Waals surface area contributed by atoms with E-state index in [9.17, 15) is 0 Å². The molecule has 1 aliphatic heterocycles. The summed E-state index contributed by atoms with van der Waals surface area (Å²) in [5.74, 6) is 0. The van der Waals surface area contributed by atoms with Gasteiger partial charge >= 0.3 is 0 Å². The molecule has 0 aromatic rings. The molecule has 0 amide bonds. The minimum Gasteiger partial charge on any atom is -0.484 e. The molecular weight excluding hydrogens is 369 g/mol. The van der Waals surface area contributed by atoms with E-state index in [1.807, 2.05) is 29.5 Å². The van der Waals surface area contributed by atoms with Gasteiger partial charge in [0.05, 0.1) is 6.61 Å². The lowest BCUT2D eigenvalue weighted by Gasteiger charge is -2.24. The maximum Gasteiger partial charge on any atom is 0.282 e. The lowest BCUT2D eigenvalue weighted by Crippen LogP contribution is -2.37. The minimum atomic E-state index is -1.50. The Morgan fingerprint density at radius 3 is 2.62 bits per heavy atom. The van der Waals surface area contributed by atoms with Gasteiger partial charge in [-0.25, -0.2) is 5.01 Å². The Kier molecular flexibility index (Phi) is 4.60. The summed E-state index contributed by atoms with van der Waals surface area (Å²) in [6.45, 7) is 2.49. The van der Waals surface area contributed by atoms with Crippen molar-refractivity contribution in [1.82, 2.24) is 9.84 Å². The molecular formula is C5H6Cl3IN2OS. The summed E-state index contributed by atoms with van der Waals surface area (Å²) in [5, 5.41) is 2.13. The number of nitrogens with zero attached hydrogens (tertiary/aromatic N) is 1. The van der Waals surface area contributed by atoms with Crippen molar-refractivity contribution in [1.29, 1.82) is 0 Å². The van der Waals surface area contributed by atoms with Crippen LogP contribution in [0.1, 0.15) is 6.92 Å². The molecule has 76 valence electrons. The smallest absolute Gasteiger partial charge is 0.282 e. The van der Waals surface area contributed by atoms with E-state index in [0.29, 0.717) is 6.61 Å². The van der Waals surface area contributed by atoms with Crippen LogP contribution < -0.4 is 4.83 Å². The quantitative estimate of drug-likeness (QED) is 0.346. The van der Waals surface area contributed by atoms with Crippen LogP contribution in [0.5, 0.6) is 0 Å². The van der Waals surface area contributed by atoms with Crippen molar-refractivity contribution < 1.29 is 4.74 Å². The first-order valence-corrected chi connectivity index (χ1v) is 6.31. The second kappa shape index (κ2) is 4.85. The number of halogens is 4. The Morgan fingerprint density at radius 1 is 1.62 bits per heavy atom. The van der Waals surface area contributed by atoms with Crippen molar-refractivity contribution in [2.45, 2.75) is 10.8 Å². The van der Waals surface area contributed by atoms with E-state index >= 15 is 0 Å². The molecule has 8 heteroatoms. The Bertz CT molecular complexity index is 232. The summed E-state index contributed by atoms with van der Waals surface area (Å²) in [7, 11) is 0. The van der Waals surface area contributed by atoms with E-state index in [-0.39, 0.29) is 0 Å². The summed E-state index contributed by atoms with van der Waals surface area (Å²) in [4.78, 5) is 2.83. The second-order valence-electron chi connectivity index (χ2n) is 2.01. The highest BCUT2D eigenvalue weighted by molar-refractivity contribution is 14.1. The van der Waals surface area contributed by atoms with Crippen LogP contribution in [-0.2, 0) is 4.74 Å². The second-order valence-corrected chi connectivity index (χ2v) is 6.01. The van der Waals surface area contributed by atoms with Gasteiger partial charge in [0, 0.05) is 11.9 Å². The van der Waals surface area contributed by atoms with Crippen LogP contribution in [0.3, 0.4) is 0 Å². The standard InChI is InChI=1S/C5H6Cl3IN2OS/c1-2-12-4-3(9)11(10-13-4)5(6,7)8/h10H,2H2,1H3. The fourth-order valence-corrected chi connectivity index (χ4v) is 3.49. The molecule has 0 spiro atoms. The van der Waals surface area contributed by atoms with E-state index in [4.69, 9.17) is 39.5 Å². The van der Waals surface area contributed by atoms with Gasteiger partial charge in [0.25, 0.3) is 3.92 Å². The first kappa shape index (κ1) is 12.3. The highest BCUT2D eigenvalue weighted by atomic mass is 127. The zero-order valence-corrected chi connectivity index (χ0v) is 11.7. The maximum absolute atomic E-state index is 5.69. The molecule has 0 saturated carbocycles.